The molecule has 6 heterocycles. The van der Waals surface area contributed by atoms with Crippen LogP contribution in [0.25, 0.3) is 16.9 Å². The number of amides is 2. The molecule has 0 radical (unpaired) electrons. The van der Waals surface area contributed by atoms with E-state index in [2.05, 4.69) is 83.8 Å². The molecule has 2 aromatic carbocycles. The number of hydrogen-bond acceptors (Lipinski definition) is 11. The first-order valence-corrected chi connectivity index (χ1v) is 22.1. The molecule has 2 atom stereocenters. The Kier molecular flexibility index (Phi) is 11.0. The van der Waals surface area contributed by atoms with Gasteiger partial charge in [-0.15, -0.1) is 6.58 Å². The van der Waals surface area contributed by atoms with Crippen molar-refractivity contribution in [3.8, 4) is 5.82 Å². The summed E-state index contributed by atoms with van der Waals surface area (Å²) in [6.07, 6.45) is 7.87. The fourth-order valence-electron chi connectivity index (χ4n) is 9.14. The number of aliphatic hydroxyl groups is 1. The van der Waals surface area contributed by atoms with Gasteiger partial charge in [-0.3, -0.25) is 24.6 Å². The first-order valence-electron chi connectivity index (χ1n) is 20.6. The zero-order valence-corrected chi connectivity index (χ0v) is 35.2. The molecule has 1 unspecified atom stereocenters. The summed E-state index contributed by atoms with van der Waals surface area (Å²) in [5.41, 5.74) is 5.06. The van der Waals surface area contributed by atoms with Gasteiger partial charge in [-0.05, 0) is 91.6 Å². The number of fused-ring (bicyclic) bond motifs is 2. The van der Waals surface area contributed by atoms with Crippen LogP contribution in [0.3, 0.4) is 0 Å². The SMILES string of the molecule is C=CCn1c(=O)c2cnc(Nc3ccc(N4CCC(CN5CCN(c6ccc(C7CCC(=O)NC7=O)cc6)CC5)CC4)cc3)nc2n1-c1ccc2c(n1)[C@@](O)(CI)CC2. The first kappa shape index (κ1) is 39.3. The van der Waals surface area contributed by atoms with Gasteiger partial charge in [0.25, 0.3) is 5.56 Å². The maximum atomic E-state index is 13.5. The summed E-state index contributed by atoms with van der Waals surface area (Å²) in [6, 6.07) is 20.5. The molecule has 5 aromatic rings. The highest BCUT2D eigenvalue weighted by Crippen LogP contribution is 2.38. The number of imide groups is 1. The van der Waals surface area contributed by atoms with Gasteiger partial charge in [0.2, 0.25) is 17.8 Å². The molecule has 3 fully saturated rings. The number of anilines is 4. The summed E-state index contributed by atoms with van der Waals surface area (Å²) >= 11 is 2.20. The predicted molar refractivity (Wildman–Crippen MR) is 237 cm³/mol. The van der Waals surface area contributed by atoms with Crippen molar-refractivity contribution >= 4 is 68.4 Å². The largest absolute Gasteiger partial charge is 0.383 e. The minimum absolute atomic E-state index is 0.182. The topological polar surface area (TPSA) is 154 Å². The molecule has 0 spiro atoms. The second kappa shape index (κ2) is 16.5. The average molecular weight is 909 g/mol. The third kappa shape index (κ3) is 7.87. The average Bonchev–Trinajstić information content (AvgIpc) is 3.74. The molecule has 9 rings (SSSR count). The van der Waals surface area contributed by atoms with Gasteiger partial charge in [-0.2, -0.15) is 4.98 Å². The highest BCUT2D eigenvalue weighted by molar-refractivity contribution is 14.1. The molecule has 0 saturated carbocycles. The van der Waals surface area contributed by atoms with Crippen LogP contribution in [0.5, 0.6) is 0 Å². The monoisotopic (exact) mass is 908 g/mol. The smallest absolute Gasteiger partial charge is 0.278 e. The van der Waals surface area contributed by atoms with Gasteiger partial charge in [-0.1, -0.05) is 46.9 Å². The summed E-state index contributed by atoms with van der Waals surface area (Å²) in [5, 5.41) is 17.4. The predicted octanol–water partition coefficient (Wildman–Crippen LogP) is 5.03. The van der Waals surface area contributed by atoms with E-state index in [1.165, 1.54) is 11.4 Å². The molecule has 3 aromatic heterocycles. The molecular weight excluding hydrogens is 859 g/mol. The van der Waals surface area contributed by atoms with Crippen molar-refractivity contribution in [3.05, 3.63) is 107 Å². The Morgan fingerprint density at radius 1 is 0.881 bits per heavy atom. The molecule has 15 heteroatoms. The van der Waals surface area contributed by atoms with E-state index in [-0.39, 0.29) is 29.8 Å². The lowest BCUT2D eigenvalue weighted by atomic mass is 9.90. The van der Waals surface area contributed by atoms with Gasteiger partial charge in [0.05, 0.1) is 18.2 Å². The summed E-state index contributed by atoms with van der Waals surface area (Å²) in [7, 11) is 0. The van der Waals surface area contributed by atoms with E-state index < -0.39 is 5.60 Å². The first-order chi connectivity index (χ1) is 28.7. The Morgan fingerprint density at radius 2 is 1.59 bits per heavy atom. The fourth-order valence-corrected chi connectivity index (χ4v) is 9.88. The normalized spacial score (nSPS) is 21.5. The highest BCUT2D eigenvalue weighted by atomic mass is 127. The summed E-state index contributed by atoms with van der Waals surface area (Å²) in [6.45, 7) is 11.3. The van der Waals surface area contributed by atoms with E-state index >= 15 is 0 Å². The van der Waals surface area contributed by atoms with E-state index in [0.29, 0.717) is 58.1 Å². The van der Waals surface area contributed by atoms with Crippen LogP contribution in [0.15, 0.2) is 84.3 Å². The van der Waals surface area contributed by atoms with Crippen LogP contribution >= 0.6 is 22.6 Å². The minimum Gasteiger partial charge on any atom is -0.383 e. The lowest BCUT2D eigenvalue weighted by Gasteiger charge is -2.40. The quantitative estimate of drug-likeness (QED) is 0.0708. The molecule has 3 N–H and O–H groups in total. The number of nitrogens with one attached hydrogen (secondary N) is 2. The Labute approximate surface area is 356 Å². The number of carbonyl (C=O) groups excluding carboxylic acids is 2. The summed E-state index contributed by atoms with van der Waals surface area (Å²) < 4.78 is 3.79. The number of carbonyl (C=O) groups is 2. The van der Waals surface area contributed by atoms with Crippen LogP contribution in [0, 0.1) is 5.92 Å². The van der Waals surface area contributed by atoms with E-state index in [0.717, 1.165) is 81.9 Å². The van der Waals surface area contributed by atoms with Gasteiger partial charge in [0, 0.05) is 79.9 Å². The molecule has 0 bridgehead atoms. The Morgan fingerprint density at radius 3 is 2.29 bits per heavy atom. The zero-order chi connectivity index (χ0) is 40.7. The van der Waals surface area contributed by atoms with Crippen LogP contribution in [0.4, 0.5) is 23.0 Å². The maximum Gasteiger partial charge on any atom is 0.278 e. The van der Waals surface area contributed by atoms with Crippen molar-refractivity contribution in [2.24, 2.45) is 5.92 Å². The van der Waals surface area contributed by atoms with Crippen LogP contribution in [0.2, 0.25) is 0 Å². The Balaban J connectivity index is 0.793. The molecule has 1 aliphatic carbocycles. The Bertz CT molecular complexity index is 2430. The lowest BCUT2D eigenvalue weighted by Crippen LogP contribution is -2.49. The van der Waals surface area contributed by atoms with Gasteiger partial charge >= 0.3 is 0 Å². The number of nitrogens with zero attached hydrogens (tertiary/aromatic N) is 8. The third-order valence-electron chi connectivity index (χ3n) is 12.5. The van der Waals surface area contributed by atoms with Gasteiger partial charge in [-0.25, -0.2) is 19.3 Å². The van der Waals surface area contributed by atoms with Crippen molar-refractivity contribution < 1.29 is 14.7 Å². The summed E-state index contributed by atoms with van der Waals surface area (Å²) in [5.74, 6) is 0.922. The minimum atomic E-state index is -1.00. The molecule has 14 nitrogen and oxygen atoms in total. The summed E-state index contributed by atoms with van der Waals surface area (Å²) in [4.78, 5) is 59.1. The molecule has 3 aliphatic heterocycles. The number of halogens is 1. The zero-order valence-electron chi connectivity index (χ0n) is 33.0. The van der Waals surface area contributed by atoms with Crippen molar-refractivity contribution in [2.75, 3.05) is 65.4 Å². The Hall–Kier alpha value is -5.13. The van der Waals surface area contributed by atoms with Gasteiger partial charge < -0.3 is 20.2 Å². The molecule has 2 amide bonds. The van der Waals surface area contributed by atoms with Crippen LogP contribution in [-0.2, 0) is 28.2 Å². The third-order valence-corrected chi connectivity index (χ3v) is 13.8. The number of benzene rings is 2. The van der Waals surface area contributed by atoms with Crippen molar-refractivity contribution in [1.29, 1.82) is 0 Å². The van der Waals surface area contributed by atoms with Crippen LogP contribution in [0.1, 0.15) is 54.8 Å². The number of aryl methyl sites for hydroxylation is 1. The van der Waals surface area contributed by atoms with Crippen LogP contribution < -0.4 is 26.0 Å². The highest BCUT2D eigenvalue weighted by Gasteiger charge is 2.38. The number of aromatic nitrogens is 5. The van der Waals surface area contributed by atoms with Crippen molar-refractivity contribution in [3.63, 3.8) is 0 Å². The number of piperazine rings is 1. The standard InChI is InChI=1S/C44H49IN10O4/c1-2-19-54-42(58)36-26-46-43(50-40(36)55(54)37-13-5-31-15-18-44(59,28-45)39(31)48-37)47-32-6-10-34(11-7-32)52-20-16-29(17-21-52)27-51-22-24-53(25-23-51)33-8-3-30(4-9-33)35-12-14-38(56)49-41(35)57/h2-11,13,26,29,35,59H,1,12,14-25,27-28H2,(H,46,47,50)(H,49,56,57)/t35?,44-/m0/s1. The van der Waals surface area contributed by atoms with Gasteiger partial charge in [0.15, 0.2) is 11.5 Å². The molecular formula is C44H49IN10O4. The molecule has 4 aliphatic rings. The fraction of sp³-hybridized carbons (Fsp3) is 0.409. The van der Waals surface area contributed by atoms with E-state index in [9.17, 15) is 19.5 Å². The lowest BCUT2D eigenvalue weighted by molar-refractivity contribution is -0.134. The number of allylic oxidation sites excluding steroid dienone is 1. The van der Waals surface area contributed by atoms with E-state index in [1.807, 2.05) is 36.4 Å². The number of piperidine rings is 2. The molecule has 306 valence electrons. The van der Waals surface area contributed by atoms with Crippen LogP contribution in [-0.4, -0.2) is 96.4 Å². The van der Waals surface area contributed by atoms with E-state index in [4.69, 9.17) is 9.97 Å². The number of pyridine rings is 1. The van der Waals surface area contributed by atoms with Gasteiger partial charge in [0.1, 0.15) is 11.0 Å². The van der Waals surface area contributed by atoms with Crippen molar-refractivity contribution in [2.45, 2.75) is 56.6 Å². The number of hydrogen-bond donors (Lipinski definition) is 3. The second-order valence-electron chi connectivity index (χ2n) is 16.2. The van der Waals surface area contributed by atoms with Crippen molar-refractivity contribution in [1.82, 2.24) is 34.5 Å². The number of rotatable bonds is 11. The molecule has 3 saturated heterocycles. The second-order valence-corrected chi connectivity index (χ2v) is 17.0. The number of alkyl halides is 1. The molecule has 59 heavy (non-hydrogen) atoms. The van der Waals surface area contributed by atoms with E-state index in [1.54, 1.807) is 21.6 Å². The maximum absolute atomic E-state index is 13.5.